The van der Waals surface area contributed by atoms with E-state index in [1.807, 2.05) is 37.3 Å². The third-order valence-corrected chi connectivity index (χ3v) is 4.50. The molecule has 0 bridgehead atoms. The van der Waals surface area contributed by atoms with Crippen LogP contribution in [0.15, 0.2) is 60.6 Å². The van der Waals surface area contributed by atoms with Crippen LogP contribution in [-0.4, -0.2) is 15.8 Å². The van der Waals surface area contributed by atoms with Crippen LogP contribution in [-0.2, 0) is 0 Å². The molecular formula is C22H12N4O. The highest BCUT2D eigenvalue weighted by Gasteiger charge is 2.32. The van der Waals surface area contributed by atoms with Crippen LogP contribution in [0, 0.1) is 24.8 Å². The predicted molar refractivity (Wildman–Crippen MR) is 101 cm³/mol. The van der Waals surface area contributed by atoms with Crippen molar-refractivity contribution in [2.24, 2.45) is 0 Å². The van der Waals surface area contributed by atoms with Gasteiger partial charge in [0, 0.05) is 34.7 Å². The molecule has 0 aliphatic heterocycles. The highest BCUT2D eigenvalue weighted by molar-refractivity contribution is 6.35. The number of carbonyl (C=O) groups is 1. The number of rotatable bonds is 1. The fourth-order valence-electron chi connectivity index (χ4n) is 3.15. The van der Waals surface area contributed by atoms with Crippen molar-refractivity contribution >= 4 is 11.4 Å². The lowest BCUT2D eigenvalue weighted by molar-refractivity contribution is 0.105. The van der Waals surface area contributed by atoms with E-state index >= 15 is 0 Å². The number of fused-ring (bicyclic) bond motifs is 3. The number of Topliss-reactive ketones (excluding diaryl/α,β-unsaturated/α-hetero) is 1. The summed E-state index contributed by atoms with van der Waals surface area (Å²) in [4.78, 5) is 25.1. The summed E-state index contributed by atoms with van der Waals surface area (Å²) in [7, 11) is 0. The summed E-state index contributed by atoms with van der Waals surface area (Å²) in [5, 5.41) is 9.38. The van der Waals surface area contributed by atoms with E-state index in [-0.39, 0.29) is 17.1 Å². The molecule has 0 radical (unpaired) electrons. The van der Waals surface area contributed by atoms with Crippen LogP contribution in [0.5, 0.6) is 0 Å². The van der Waals surface area contributed by atoms with Crippen molar-refractivity contribution in [2.75, 3.05) is 0 Å². The number of pyridine rings is 2. The molecule has 0 saturated heterocycles. The first kappa shape index (κ1) is 16.4. The quantitative estimate of drug-likeness (QED) is 0.369. The molecule has 4 rings (SSSR count). The lowest BCUT2D eigenvalue weighted by Crippen LogP contribution is -2.15. The second kappa shape index (κ2) is 6.33. The fourth-order valence-corrected chi connectivity index (χ4v) is 3.15. The fraction of sp³-hybridized carbons (Fsp3) is 0.0455. The average Bonchev–Trinajstić information content (AvgIpc) is 2.71. The average molecular weight is 348 g/mol. The van der Waals surface area contributed by atoms with Crippen LogP contribution < -0.4 is 0 Å². The highest BCUT2D eigenvalue weighted by atomic mass is 16.1. The van der Waals surface area contributed by atoms with E-state index in [2.05, 4.69) is 14.8 Å². The van der Waals surface area contributed by atoms with Crippen LogP contribution >= 0.6 is 0 Å². The monoisotopic (exact) mass is 348 g/mol. The minimum absolute atomic E-state index is 0.0875. The molecule has 0 spiro atoms. The minimum Gasteiger partial charge on any atom is -0.290 e. The lowest BCUT2D eigenvalue weighted by atomic mass is 9.85. The first-order chi connectivity index (χ1) is 13.1. The van der Waals surface area contributed by atoms with Crippen molar-refractivity contribution < 1.29 is 4.79 Å². The van der Waals surface area contributed by atoms with E-state index in [0.29, 0.717) is 22.5 Å². The SMILES string of the molecule is [C-]#[N+]/C(C#N)=C1\C(=O)c2cccnc2-c2ncc(-c3ccc(C)cc3)cc21. The molecule has 0 amide bonds. The van der Waals surface area contributed by atoms with Gasteiger partial charge in [0.2, 0.25) is 0 Å². The maximum Gasteiger partial charge on any atom is 0.273 e. The molecule has 1 aromatic carbocycles. The predicted octanol–water partition coefficient (Wildman–Crippen LogP) is 4.47. The van der Waals surface area contributed by atoms with Crippen molar-refractivity contribution in [3.63, 3.8) is 0 Å². The van der Waals surface area contributed by atoms with E-state index in [9.17, 15) is 10.1 Å². The van der Waals surface area contributed by atoms with Gasteiger partial charge in [-0.25, -0.2) is 10.1 Å². The van der Waals surface area contributed by atoms with Crippen molar-refractivity contribution in [1.29, 1.82) is 5.26 Å². The van der Waals surface area contributed by atoms with Crippen LogP contribution in [0.2, 0.25) is 0 Å². The molecule has 3 aromatic rings. The summed E-state index contributed by atoms with van der Waals surface area (Å²) in [5.74, 6) is -0.374. The molecule has 5 heteroatoms. The first-order valence-corrected chi connectivity index (χ1v) is 8.23. The van der Waals surface area contributed by atoms with Gasteiger partial charge in [0.25, 0.3) is 5.70 Å². The first-order valence-electron chi connectivity index (χ1n) is 8.23. The summed E-state index contributed by atoms with van der Waals surface area (Å²) in [6.07, 6.45) is 3.32. The largest absolute Gasteiger partial charge is 0.290 e. The molecule has 0 saturated carbocycles. The number of hydrogen-bond donors (Lipinski definition) is 0. The second-order valence-corrected chi connectivity index (χ2v) is 6.16. The number of carbonyl (C=O) groups excluding carboxylic acids is 1. The van der Waals surface area contributed by atoms with Crippen molar-refractivity contribution in [1.82, 2.24) is 9.97 Å². The Morgan fingerprint density at radius 2 is 1.81 bits per heavy atom. The van der Waals surface area contributed by atoms with Gasteiger partial charge >= 0.3 is 0 Å². The van der Waals surface area contributed by atoms with Crippen LogP contribution in [0.4, 0.5) is 0 Å². The third kappa shape index (κ3) is 2.59. The number of aryl methyl sites for hydroxylation is 1. The number of nitriles is 1. The van der Waals surface area contributed by atoms with E-state index < -0.39 is 0 Å². The molecule has 1 aliphatic carbocycles. The Bertz CT molecular complexity index is 1190. The van der Waals surface area contributed by atoms with E-state index in [0.717, 1.165) is 16.7 Å². The molecule has 126 valence electrons. The van der Waals surface area contributed by atoms with E-state index in [1.165, 1.54) is 0 Å². The smallest absolute Gasteiger partial charge is 0.273 e. The molecule has 1 aliphatic rings. The summed E-state index contributed by atoms with van der Waals surface area (Å²) in [6, 6.07) is 14.9. The zero-order valence-corrected chi connectivity index (χ0v) is 14.4. The van der Waals surface area contributed by atoms with Gasteiger partial charge < -0.3 is 0 Å². The lowest BCUT2D eigenvalue weighted by Gasteiger charge is -2.20. The molecule has 2 aromatic heterocycles. The topological polar surface area (TPSA) is 71.0 Å². The summed E-state index contributed by atoms with van der Waals surface area (Å²) < 4.78 is 0. The van der Waals surface area contributed by atoms with Gasteiger partial charge in [0.05, 0.1) is 18.3 Å². The van der Waals surface area contributed by atoms with E-state index in [1.54, 1.807) is 30.6 Å². The van der Waals surface area contributed by atoms with Gasteiger partial charge in [-0.1, -0.05) is 29.8 Å². The molecule has 0 N–H and O–H groups in total. The number of aromatic nitrogens is 2. The number of allylic oxidation sites excluding steroid dienone is 2. The summed E-state index contributed by atoms with van der Waals surface area (Å²) >= 11 is 0. The zero-order valence-electron chi connectivity index (χ0n) is 14.4. The second-order valence-electron chi connectivity index (χ2n) is 6.16. The summed E-state index contributed by atoms with van der Waals surface area (Å²) in [6.45, 7) is 9.32. The molecule has 0 fully saturated rings. The Morgan fingerprint density at radius 3 is 2.52 bits per heavy atom. The summed E-state index contributed by atoms with van der Waals surface area (Å²) in [5.41, 5.74) is 4.54. The maximum atomic E-state index is 13.0. The zero-order chi connectivity index (χ0) is 19.0. The molecule has 0 atom stereocenters. The van der Waals surface area contributed by atoms with Crippen molar-refractivity contribution in [3.8, 4) is 28.6 Å². The molecule has 0 unspecified atom stereocenters. The van der Waals surface area contributed by atoms with Gasteiger partial charge in [-0.05, 0) is 30.7 Å². The Labute approximate surface area is 156 Å². The molecular weight excluding hydrogens is 336 g/mol. The van der Waals surface area contributed by atoms with Crippen molar-refractivity contribution in [2.45, 2.75) is 6.92 Å². The van der Waals surface area contributed by atoms with Gasteiger partial charge in [0.15, 0.2) is 5.78 Å². The number of ketones is 1. The van der Waals surface area contributed by atoms with Gasteiger partial charge in [0.1, 0.15) is 5.69 Å². The number of benzene rings is 1. The van der Waals surface area contributed by atoms with Crippen LogP contribution in [0.25, 0.3) is 32.9 Å². The Hall–Kier alpha value is -4.09. The van der Waals surface area contributed by atoms with Gasteiger partial charge in [-0.2, -0.15) is 0 Å². The standard InChI is InChI=1S/C22H12N4O/c1-13-5-7-14(8-6-13)15-10-17-19(18(11-23)24-2)22(27)16-4-3-9-25-20(16)21(17)26-12-15/h3-10,12H,1H3/b19-18-. The molecule has 27 heavy (non-hydrogen) atoms. The Morgan fingerprint density at radius 1 is 1.07 bits per heavy atom. The number of nitrogens with zero attached hydrogens (tertiary/aromatic N) is 4. The molecule has 5 nitrogen and oxygen atoms in total. The Kier molecular flexibility index (Phi) is 3.84. The molecule has 2 heterocycles. The van der Waals surface area contributed by atoms with Gasteiger partial charge in [-0.3, -0.25) is 14.8 Å². The Balaban J connectivity index is 2.04. The minimum atomic E-state index is -0.374. The van der Waals surface area contributed by atoms with E-state index in [4.69, 9.17) is 6.57 Å². The normalized spacial score (nSPS) is 13.8. The third-order valence-electron chi connectivity index (χ3n) is 4.50. The van der Waals surface area contributed by atoms with Crippen LogP contribution in [0.3, 0.4) is 0 Å². The number of hydrogen-bond acceptors (Lipinski definition) is 4. The van der Waals surface area contributed by atoms with Crippen molar-refractivity contribution in [3.05, 3.63) is 88.7 Å². The van der Waals surface area contributed by atoms with Gasteiger partial charge in [-0.15, -0.1) is 0 Å². The van der Waals surface area contributed by atoms with Crippen LogP contribution in [0.1, 0.15) is 21.5 Å². The maximum absolute atomic E-state index is 13.0. The highest BCUT2D eigenvalue weighted by Crippen LogP contribution is 2.39.